The van der Waals surface area contributed by atoms with Gasteiger partial charge in [-0.25, -0.2) is 4.79 Å². The third-order valence-corrected chi connectivity index (χ3v) is 4.96. The van der Waals surface area contributed by atoms with E-state index in [2.05, 4.69) is 26.1 Å². The average molecular weight is 470 g/mol. The summed E-state index contributed by atoms with van der Waals surface area (Å²) >= 11 is 3.41. The minimum atomic E-state index is -0.534. The highest BCUT2D eigenvalue weighted by molar-refractivity contribution is 9.10. The van der Waals surface area contributed by atoms with Crippen LogP contribution in [-0.2, 0) is 9.53 Å². The van der Waals surface area contributed by atoms with E-state index in [1.54, 1.807) is 0 Å². The number of alkyl carbamates (subject to hydrolysis) is 1. The van der Waals surface area contributed by atoms with E-state index < -0.39 is 11.7 Å². The zero-order valence-corrected chi connectivity index (χ0v) is 19.2. The van der Waals surface area contributed by atoms with E-state index in [4.69, 9.17) is 9.47 Å². The number of hydrogen-bond acceptors (Lipinski definition) is 5. The normalized spacial score (nSPS) is 15.1. The monoisotopic (exact) mass is 469 g/mol. The summed E-state index contributed by atoms with van der Waals surface area (Å²) in [6.07, 6.45) is 0.754. The maximum Gasteiger partial charge on any atom is 0.407 e. The van der Waals surface area contributed by atoms with Crippen molar-refractivity contribution >= 4 is 27.9 Å². The lowest BCUT2D eigenvalue weighted by Gasteiger charge is -2.34. The third kappa shape index (κ3) is 9.49. The molecule has 0 aliphatic carbocycles. The highest BCUT2D eigenvalue weighted by Crippen LogP contribution is 2.16. The van der Waals surface area contributed by atoms with E-state index in [1.165, 1.54) is 0 Å². The van der Waals surface area contributed by atoms with E-state index in [0.717, 1.165) is 49.4 Å². The SMILES string of the molecule is CC(C)(C)OC(=O)NCCC(=O)N1CCN(CCCOc2ccc(Br)cc2)CC1. The van der Waals surface area contributed by atoms with Crippen LogP contribution < -0.4 is 10.1 Å². The Labute approximate surface area is 181 Å². The van der Waals surface area contributed by atoms with Crippen LogP contribution >= 0.6 is 15.9 Å². The van der Waals surface area contributed by atoms with Crippen molar-refractivity contribution in [3.8, 4) is 5.75 Å². The zero-order chi connectivity index (χ0) is 21.3. The molecule has 2 amide bonds. The van der Waals surface area contributed by atoms with Crippen molar-refractivity contribution in [1.29, 1.82) is 0 Å². The second-order valence-electron chi connectivity index (χ2n) is 8.06. The predicted octanol–water partition coefficient (Wildman–Crippen LogP) is 3.28. The molecular weight excluding hydrogens is 438 g/mol. The Morgan fingerprint density at radius 1 is 1.10 bits per heavy atom. The largest absolute Gasteiger partial charge is 0.494 e. The summed E-state index contributed by atoms with van der Waals surface area (Å²) in [7, 11) is 0. The fraction of sp³-hybridized carbons (Fsp3) is 0.619. The standard InChI is InChI=1S/C21H32BrN3O4/c1-21(2,3)29-20(27)23-10-9-19(26)25-14-12-24(13-15-25)11-4-16-28-18-7-5-17(22)6-8-18/h5-8H,4,9-16H2,1-3H3,(H,23,27). The first kappa shape index (κ1) is 23.5. The summed E-state index contributed by atoms with van der Waals surface area (Å²) in [5.41, 5.74) is -0.534. The molecule has 1 aliphatic heterocycles. The van der Waals surface area contributed by atoms with Crippen LogP contribution in [0.5, 0.6) is 5.75 Å². The van der Waals surface area contributed by atoms with Crippen LogP contribution in [-0.4, -0.2) is 73.3 Å². The molecule has 1 aliphatic rings. The molecule has 1 aromatic carbocycles. The lowest BCUT2D eigenvalue weighted by atomic mass is 10.2. The molecule has 1 aromatic rings. The maximum absolute atomic E-state index is 12.3. The van der Waals surface area contributed by atoms with Gasteiger partial charge in [0.15, 0.2) is 0 Å². The van der Waals surface area contributed by atoms with Crippen LogP contribution in [0.1, 0.15) is 33.6 Å². The molecule has 0 aromatic heterocycles. The Kier molecular flexibility index (Phi) is 9.23. The van der Waals surface area contributed by atoms with Crippen molar-refractivity contribution in [3.63, 3.8) is 0 Å². The molecule has 1 heterocycles. The van der Waals surface area contributed by atoms with Gasteiger partial charge in [-0.05, 0) is 51.5 Å². The van der Waals surface area contributed by atoms with Gasteiger partial charge in [-0.2, -0.15) is 0 Å². The number of nitrogens with zero attached hydrogens (tertiary/aromatic N) is 2. The number of ether oxygens (including phenoxy) is 2. The van der Waals surface area contributed by atoms with Crippen LogP contribution in [0.3, 0.4) is 0 Å². The quantitative estimate of drug-likeness (QED) is 0.591. The number of carbonyl (C=O) groups excluding carboxylic acids is 2. The summed E-state index contributed by atoms with van der Waals surface area (Å²) in [5.74, 6) is 0.947. The molecule has 0 unspecified atom stereocenters. The van der Waals surface area contributed by atoms with Gasteiger partial charge >= 0.3 is 6.09 Å². The van der Waals surface area contributed by atoms with Gasteiger partial charge in [0, 0.05) is 50.2 Å². The van der Waals surface area contributed by atoms with Gasteiger partial charge in [-0.3, -0.25) is 9.69 Å². The smallest absolute Gasteiger partial charge is 0.407 e. The molecule has 29 heavy (non-hydrogen) atoms. The van der Waals surface area contributed by atoms with Crippen molar-refractivity contribution in [3.05, 3.63) is 28.7 Å². The van der Waals surface area contributed by atoms with Crippen molar-refractivity contribution in [2.24, 2.45) is 0 Å². The average Bonchev–Trinajstić information content (AvgIpc) is 2.65. The molecule has 7 nitrogen and oxygen atoms in total. The van der Waals surface area contributed by atoms with Gasteiger partial charge in [-0.1, -0.05) is 15.9 Å². The minimum Gasteiger partial charge on any atom is -0.494 e. The first-order valence-corrected chi connectivity index (χ1v) is 10.9. The Balaban J connectivity index is 1.55. The topological polar surface area (TPSA) is 71.1 Å². The molecule has 1 saturated heterocycles. The summed E-state index contributed by atoms with van der Waals surface area (Å²) in [4.78, 5) is 28.1. The molecule has 0 atom stereocenters. The van der Waals surface area contributed by atoms with E-state index in [1.807, 2.05) is 49.9 Å². The zero-order valence-electron chi connectivity index (χ0n) is 17.6. The van der Waals surface area contributed by atoms with Gasteiger partial charge in [0.1, 0.15) is 11.4 Å². The van der Waals surface area contributed by atoms with Gasteiger partial charge < -0.3 is 19.7 Å². The Bertz CT molecular complexity index is 653. The number of benzene rings is 1. The molecular formula is C21H32BrN3O4. The van der Waals surface area contributed by atoms with Crippen LogP contribution in [0, 0.1) is 0 Å². The fourth-order valence-electron chi connectivity index (χ4n) is 2.97. The molecule has 162 valence electrons. The first-order chi connectivity index (χ1) is 13.7. The lowest BCUT2D eigenvalue weighted by molar-refractivity contribution is -0.132. The molecule has 0 radical (unpaired) electrons. The highest BCUT2D eigenvalue weighted by Gasteiger charge is 2.21. The molecule has 1 fully saturated rings. The van der Waals surface area contributed by atoms with Crippen LogP contribution in [0.4, 0.5) is 4.79 Å². The van der Waals surface area contributed by atoms with E-state index in [9.17, 15) is 9.59 Å². The van der Waals surface area contributed by atoms with Gasteiger partial charge in [-0.15, -0.1) is 0 Å². The summed E-state index contributed by atoms with van der Waals surface area (Å²) < 4.78 is 12.0. The number of carbonyl (C=O) groups is 2. The molecule has 2 rings (SSSR count). The fourth-order valence-corrected chi connectivity index (χ4v) is 3.24. The maximum atomic E-state index is 12.3. The second-order valence-corrected chi connectivity index (χ2v) is 8.97. The lowest BCUT2D eigenvalue weighted by Crippen LogP contribution is -2.49. The second kappa shape index (κ2) is 11.4. The van der Waals surface area contributed by atoms with E-state index in [-0.39, 0.29) is 5.91 Å². The van der Waals surface area contributed by atoms with E-state index >= 15 is 0 Å². The number of piperazine rings is 1. The van der Waals surface area contributed by atoms with Crippen LogP contribution in [0.15, 0.2) is 28.7 Å². The van der Waals surface area contributed by atoms with Crippen LogP contribution in [0.2, 0.25) is 0 Å². The number of halogens is 1. The summed E-state index contributed by atoms with van der Waals surface area (Å²) in [6.45, 7) is 10.5. The van der Waals surface area contributed by atoms with Crippen LogP contribution in [0.25, 0.3) is 0 Å². The molecule has 0 saturated carbocycles. The molecule has 1 N–H and O–H groups in total. The summed E-state index contributed by atoms with van der Waals surface area (Å²) in [6, 6.07) is 7.83. The molecule has 8 heteroatoms. The van der Waals surface area contributed by atoms with Gasteiger partial charge in [0.25, 0.3) is 0 Å². The number of hydrogen-bond donors (Lipinski definition) is 1. The third-order valence-electron chi connectivity index (χ3n) is 4.43. The predicted molar refractivity (Wildman–Crippen MR) is 116 cm³/mol. The highest BCUT2D eigenvalue weighted by atomic mass is 79.9. The van der Waals surface area contributed by atoms with Crippen molar-refractivity contribution in [2.45, 2.75) is 39.2 Å². The Hall–Kier alpha value is -1.80. The Morgan fingerprint density at radius 3 is 2.38 bits per heavy atom. The van der Waals surface area contributed by atoms with Crippen molar-refractivity contribution in [2.75, 3.05) is 45.9 Å². The number of rotatable bonds is 8. The number of amides is 2. The molecule has 0 bridgehead atoms. The minimum absolute atomic E-state index is 0.0688. The van der Waals surface area contributed by atoms with Crippen molar-refractivity contribution in [1.82, 2.24) is 15.1 Å². The van der Waals surface area contributed by atoms with Gasteiger partial charge in [0.2, 0.25) is 5.91 Å². The van der Waals surface area contributed by atoms with Crippen molar-refractivity contribution < 1.29 is 19.1 Å². The molecule has 0 spiro atoms. The summed E-state index contributed by atoms with van der Waals surface area (Å²) in [5, 5.41) is 2.63. The number of nitrogens with one attached hydrogen (secondary N) is 1. The first-order valence-electron chi connectivity index (χ1n) is 10.1. The van der Waals surface area contributed by atoms with Gasteiger partial charge in [0.05, 0.1) is 6.61 Å². The van der Waals surface area contributed by atoms with E-state index in [0.29, 0.717) is 19.6 Å². The Morgan fingerprint density at radius 2 is 1.76 bits per heavy atom.